The standard InChI is InChI=1S/C33H33N3O2/c37-28(22-38-32-15-7-14-31-33(32)29-12-5-6-13-30(29)34-31)21-35-19-27-11-4-3-10-26(35)20-36(27)25-17-16-23-8-1-2-9-24(23)18-25/h1-9,12-18,26-28,34,37H,10-11,19-22H2/b4-3-. The second-order valence-corrected chi connectivity index (χ2v) is 10.7. The molecular formula is C33H33N3O2. The summed E-state index contributed by atoms with van der Waals surface area (Å²) < 4.78 is 6.24. The number of aliphatic hydroxyl groups excluding tert-OH is 1. The molecule has 5 aromatic rings. The molecule has 3 aliphatic rings. The Labute approximate surface area is 222 Å². The lowest BCUT2D eigenvalue weighted by Gasteiger charge is -2.48. The highest BCUT2D eigenvalue weighted by Gasteiger charge is 2.35. The van der Waals surface area contributed by atoms with Gasteiger partial charge < -0.3 is 19.7 Å². The number of hydrogen-bond donors (Lipinski definition) is 2. The van der Waals surface area contributed by atoms with Gasteiger partial charge in [0.1, 0.15) is 18.5 Å². The topological polar surface area (TPSA) is 51.7 Å². The Kier molecular flexibility index (Phi) is 6.03. The van der Waals surface area contributed by atoms with Gasteiger partial charge in [-0.05, 0) is 53.9 Å². The summed E-state index contributed by atoms with van der Waals surface area (Å²) in [6.45, 7) is 2.80. The predicted octanol–water partition coefficient (Wildman–Crippen LogP) is 6.12. The van der Waals surface area contributed by atoms with E-state index in [1.165, 1.54) is 16.5 Å². The van der Waals surface area contributed by atoms with Crippen LogP contribution in [0, 0.1) is 0 Å². The molecule has 38 heavy (non-hydrogen) atoms. The average molecular weight is 504 g/mol. The van der Waals surface area contributed by atoms with Crippen molar-refractivity contribution in [1.82, 2.24) is 9.88 Å². The van der Waals surface area contributed by atoms with Gasteiger partial charge in [0.2, 0.25) is 0 Å². The van der Waals surface area contributed by atoms with Crippen LogP contribution < -0.4 is 9.64 Å². The average Bonchev–Trinajstić information content (AvgIpc) is 3.32. The Bertz CT molecular complexity index is 1620. The van der Waals surface area contributed by atoms with E-state index < -0.39 is 6.10 Å². The van der Waals surface area contributed by atoms with E-state index in [1.54, 1.807) is 0 Å². The summed E-state index contributed by atoms with van der Waals surface area (Å²) in [7, 11) is 0. The highest BCUT2D eigenvalue weighted by atomic mass is 16.5. The second-order valence-electron chi connectivity index (χ2n) is 10.7. The third-order valence-electron chi connectivity index (χ3n) is 8.23. The van der Waals surface area contributed by atoms with Gasteiger partial charge in [0.05, 0.1) is 5.52 Å². The molecule has 0 spiro atoms. The molecule has 0 amide bonds. The van der Waals surface area contributed by atoms with Crippen LogP contribution in [-0.2, 0) is 0 Å². The molecule has 5 nitrogen and oxygen atoms in total. The number of nitrogens with zero attached hydrogens (tertiary/aromatic N) is 2. The van der Waals surface area contributed by atoms with Crippen LogP contribution in [0.25, 0.3) is 32.6 Å². The number of benzene rings is 4. The van der Waals surface area contributed by atoms with Crippen molar-refractivity contribution >= 4 is 38.3 Å². The number of piperazine rings is 1. The molecule has 4 heterocycles. The number of para-hydroxylation sites is 1. The molecule has 1 saturated heterocycles. The van der Waals surface area contributed by atoms with E-state index in [1.807, 2.05) is 24.3 Å². The van der Waals surface area contributed by atoms with Crippen LogP contribution in [0.1, 0.15) is 12.8 Å². The Balaban J connectivity index is 1.06. The maximum atomic E-state index is 11.1. The largest absolute Gasteiger partial charge is 0.490 e. The van der Waals surface area contributed by atoms with E-state index in [0.717, 1.165) is 53.5 Å². The van der Waals surface area contributed by atoms with Crippen molar-refractivity contribution in [3.8, 4) is 5.75 Å². The lowest BCUT2D eigenvalue weighted by Crippen LogP contribution is -2.60. The van der Waals surface area contributed by atoms with Crippen molar-refractivity contribution in [1.29, 1.82) is 0 Å². The van der Waals surface area contributed by atoms with Crippen LogP contribution >= 0.6 is 0 Å². The first-order chi connectivity index (χ1) is 18.7. The minimum atomic E-state index is -0.561. The quantitative estimate of drug-likeness (QED) is 0.274. The zero-order valence-electron chi connectivity index (χ0n) is 21.5. The van der Waals surface area contributed by atoms with Gasteiger partial charge in [-0.2, -0.15) is 0 Å². The Hall–Kier alpha value is -3.80. The summed E-state index contributed by atoms with van der Waals surface area (Å²) in [5.74, 6) is 0.818. The summed E-state index contributed by atoms with van der Waals surface area (Å²) >= 11 is 0. The minimum Gasteiger partial charge on any atom is -0.490 e. The summed E-state index contributed by atoms with van der Waals surface area (Å²) in [5.41, 5.74) is 3.45. The molecular weight excluding hydrogens is 470 g/mol. The Morgan fingerprint density at radius 1 is 0.816 bits per heavy atom. The van der Waals surface area contributed by atoms with Gasteiger partial charge in [-0.25, -0.2) is 0 Å². The maximum Gasteiger partial charge on any atom is 0.129 e. The van der Waals surface area contributed by atoms with Crippen molar-refractivity contribution in [3.63, 3.8) is 0 Å². The molecule has 5 heteroatoms. The molecule has 0 radical (unpaired) electrons. The third kappa shape index (κ3) is 4.32. The fourth-order valence-corrected chi connectivity index (χ4v) is 6.34. The number of ether oxygens (including phenoxy) is 1. The summed E-state index contributed by atoms with van der Waals surface area (Å²) in [6, 6.07) is 30.5. The number of rotatable bonds is 6. The van der Waals surface area contributed by atoms with Crippen molar-refractivity contribution in [3.05, 3.63) is 97.1 Å². The van der Waals surface area contributed by atoms with E-state index in [0.29, 0.717) is 18.6 Å². The Morgan fingerprint density at radius 3 is 2.53 bits per heavy atom. The second kappa shape index (κ2) is 9.82. The van der Waals surface area contributed by atoms with E-state index in [-0.39, 0.29) is 6.61 Å². The summed E-state index contributed by atoms with van der Waals surface area (Å²) in [6.07, 6.45) is 6.12. The monoisotopic (exact) mass is 503 g/mol. The number of anilines is 1. The number of aromatic amines is 1. The molecule has 3 aliphatic heterocycles. The lowest BCUT2D eigenvalue weighted by molar-refractivity contribution is 0.0409. The van der Waals surface area contributed by atoms with Crippen molar-refractivity contribution in [2.45, 2.75) is 31.0 Å². The zero-order chi connectivity index (χ0) is 25.5. The van der Waals surface area contributed by atoms with Gasteiger partial charge in [0.25, 0.3) is 0 Å². The van der Waals surface area contributed by atoms with Crippen LogP contribution in [0.2, 0.25) is 0 Å². The van der Waals surface area contributed by atoms with E-state index in [4.69, 9.17) is 4.74 Å². The van der Waals surface area contributed by atoms with Gasteiger partial charge >= 0.3 is 0 Å². The van der Waals surface area contributed by atoms with Crippen LogP contribution in [0.5, 0.6) is 5.75 Å². The van der Waals surface area contributed by atoms with Gasteiger partial charge in [-0.3, -0.25) is 4.90 Å². The normalized spacial score (nSPS) is 21.6. The molecule has 1 fully saturated rings. The molecule has 0 aliphatic carbocycles. The maximum absolute atomic E-state index is 11.1. The molecule has 1 aromatic heterocycles. The molecule has 8 rings (SSSR count). The summed E-state index contributed by atoms with van der Waals surface area (Å²) in [4.78, 5) is 8.53. The molecule has 3 atom stereocenters. The predicted molar refractivity (Wildman–Crippen MR) is 156 cm³/mol. The van der Waals surface area contributed by atoms with Crippen LogP contribution in [0.3, 0.4) is 0 Å². The number of nitrogens with one attached hydrogen (secondary N) is 1. The lowest BCUT2D eigenvalue weighted by atomic mass is 9.96. The van der Waals surface area contributed by atoms with E-state index in [2.05, 4.69) is 87.6 Å². The molecule has 0 saturated carbocycles. The van der Waals surface area contributed by atoms with Crippen molar-refractivity contribution < 1.29 is 9.84 Å². The smallest absolute Gasteiger partial charge is 0.129 e. The van der Waals surface area contributed by atoms with Gasteiger partial charge in [0, 0.05) is 53.7 Å². The first-order valence-corrected chi connectivity index (χ1v) is 13.7. The number of hydrogen-bond acceptors (Lipinski definition) is 4. The first-order valence-electron chi connectivity index (χ1n) is 13.7. The summed E-state index contributed by atoms with van der Waals surface area (Å²) in [5, 5.41) is 15.9. The molecule has 3 unspecified atom stereocenters. The van der Waals surface area contributed by atoms with Crippen molar-refractivity contribution in [2.75, 3.05) is 31.1 Å². The fraction of sp³-hybridized carbons (Fsp3) is 0.273. The molecule has 4 aromatic carbocycles. The first kappa shape index (κ1) is 23.3. The number of H-pyrrole nitrogens is 1. The minimum absolute atomic E-state index is 0.275. The van der Waals surface area contributed by atoms with Gasteiger partial charge in [-0.15, -0.1) is 0 Å². The number of aliphatic hydroxyl groups is 1. The Morgan fingerprint density at radius 2 is 1.61 bits per heavy atom. The number of aromatic nitrogens is 1. The van der Waals surface area contributed by atoms with Gasteiger partial charge in [0.15, 0.2) is 0 Å². The van der Waals surface area contributed by atoms with Crippen LogP contribution in [-0.4, -0.2) is 59.4 Å². The van der Waals surface area contributed by atoms with Crippen molar-refractivity contribution in [2.24, 2.45) is 0 Å². The van der Waals surface area contributed by atoms with E-state index in [9.17, 15) is 5.11 Å². The highest BCUT2D eigenvalue weighted by molar-refractivity contribution is 6.10. The van der Waals surface area contributed by atoms with Crippen LogP contribution in [0.15, 0.2) is 97.1 Å². The molecule has 2 bridgehead atoms. The SMILES string of the molecule is OC(COc1cccc2[nH]c3ccccc3c12)CN1CC2C/C=C\CC1CN2c1ccc2ccccc2c1. The third-order valence-corrected chi connectivity index (χ3v) is 8.23. The van der Waals surface area contributed by atoms with E-state index >= 15 is 0 Å². The number of fused-ring (bicyclic) bond motifs is 8. The molecule has 2 N–H and O–H groups in total. The zero-order valence-corrected chi connectivity index (χ0v) is 21.5. The highest BCUT2D eigenvalue weighted by Crippen LogP contribution is 2.34. The van der Waals surface area contributed by atoms with Crippen LogP contribution in [0.4, 0.5) is 5.69 Å². The molecule has 192 valence electrons. The van der Waals surface area contributed by atoms with Gasteiger partial charge in [-0.1, -0.05) is 66.7 Å². The fourth-order valence-electron chi connectivity index (χ4n) is 6.34.